The van der Waals surface area contributed by atoms with E-state index in [0.717, 1.165) is 37.2 Å². The fraction of sp³-hybridized carbons (Fsp3) is 0.571. The van der Waals surface area contributed by atoms with Crippen LogP contribution < -0.4 is 0 Å². The maximum absolute atomic E-state index is 5.48. The van der Waals surface area contributed by atoms with Crippen LogP contribution in [0.1, 0.15) is 50.5 Å². The van der Waals surface area contributed by atoms with Gasteiger partial charge >= 0.3 is 0 Å². The van der Waals surface area contributed by atoms with Gasteiger partial charge < -0.3 is 4.42 Å². The van der Waals surface area contributed by atoms with Crippen LogP contribution in [0.5, 0.6) is 0 Å². The van der Waals surface area contributed by atoms with E-state index >= 15 is 0 Å². The molecule has 0 radical (unpaired) electrons. The molecule has 82 valence electrons. The summed E-state index contributed by atoms with van der Waals surface area (Å²) in [5, 5.41) is 0. The molecule has 0 aromatic carbocycles. The predicted octanol–water partition coefficient (Wildman–Crippen LogP) is 4.10. The van der Waals surface area contributed by atoms with Crippen LogP contribution in [0.3, 0.4) is 0 Å². The lowest BCUT2D eigenvalue weighted by molar-refractivity contribution is 0.478. The Bertz CT molecular complexity index is 325. The Labute approximate surface area is 92.9 Å². The fourth-order valence-electron chi connectivity index (χ4n) is 1.41. The summed E-state index contributed by atoms with van der Waals surface area (Å²) in [5.41, 5.74) is 0. The molecule has 1 rings (SSSR count). The Morgan fingerprint density at radius 3 is 2.47 bits per heavy atom. The van der Waals surface area contributed by atoms with E-state index in [1.54, 1.807) is 0 Å². The molecule has 1 heteroatoms. The predicted molar refractivity (Wildman–Crippen MR) is 63.7 cm³/mol. The van der Waals surface area contributed by atoms with Crippen molar-refractivity contribution in [3.63, 3.8) is 0 Å². The second-order valence-corrected chi connectivity index (χ2v) is 3.82. The van der Waals surface area contributed by atoms with Gasteiger partial charge in [-0.3, -0.25) is 0 Å². The van der Waals surface area contributed by atoms with Crippen molar-refractivity contribution in [1.82, 2.24) is 0 Å². The highest BCUT2D eigenvalue weighted by atomic mass is 16.3. The maximum Gasteiger partial charge on any atom is 0.104 e. The zero-order valence-electron chi connectivity index (χ0n) is 9.81. The zero-order valence-corrected chi connectivity index (χ0v) is 9.81. The molecule has 0 saturated heterocycles. The zero-order chi connectivity index (χ0) is 10.9. The number of furan rings is 1. The highest BCUT2D eigenvalue weighted by molar-refractivity contribution is 5.06. The van der Waals surface area contributed by atoms with Gasteiger partial charge in [0.15, 0.2) is 0 Å². The molecule has 1 aromatic heterocycles. The first-order valence-corrected chi connectivity index (χ1v) is 5.84. The van der Waals surface area contributed by atoms with Crippen molar-refractivity contribution in [3.8, 4) is 11.8 Å². The van der Waals surface area contributed by atoms with E-state index in [4.69, 9.17) is 4.42 Å². The van der Waals surface area contributed by atoms with Crippen molar-refractivity contribution < 1.29 is 4.42 Å². The minimum atomic E-state index is 0.990. The third kappa shape index (κ3) is 5.32. The number of rotatable bonds is 5. The maximum atomic E-state index is 5.48. The molecular weight excluding hydrogens is 184 g/mol. The van der Waals surface area contributed by atoms with Gasteiger partial charge in [-0.2, -0.15) is 0 Å². The monoisotopic (exact) mass is 204 g/mol. The van der Waals surface area contributed by atoms with Gasteiger partial charge in [0.2, 0.25) is 0 Å². The summed E-state index contributed by atoms with van der Waals surface area (Å²) in [6.45, 7) is 4.18. The highest BCUT2D eigenvalue weighted by Gasteiger charge is 1.96. The molecule has 1 nitrogen and oxygen atoms in total. The summed E-state index contributed by atoms with van der Waals surface area (Å²) >= 11 is 0. The normalized spacial score (nSPS) is 9.73. The lowest BCUT2D eigenvalue weighted by atomic mass is 10.2. The average molecular weight is 204 g/mol. The molecule has 0 atom stereocenters. The number of aryl methyl sites for hydroxylation is 2. The van der Waals surface area contributed by atoms with Crippen molar-refractivity contribution in [2.75, 3.05) is 0 Å². The molecule has 0 aliphatic carbocycles. The van der Waals surface area contributed by atoms with Crippen LogP contribution in [0.2, 0.25) is 0 Å². The third-order valence-corrected chi connectivity index (χ3v) is 2.30. The molecule has 0 unspecified atom stereocenters. The van der Waals surface area contributed by atoms with Gasteiger partial charge in [-0.1, -0.05) is 13.3 Å². The summed E-state index contributed by atoms with van der Waals surface area (Å²) in [6, 6.07) is 4.07. The second kappa shape index (κ2) is 7.17. The van der Waals surface area contributed by atoms with Gasteiger partial charge in [0.1, 0.15) is 11.5 Å². The SMILES string of the molecule is CCCCC#CCCCc1ccc(C)o1. The summed E-state index contributed by atoms with van der Waals surface area (Å²) in [6.07, 6.45) is 6.62. The molecule has 1 heterocycles. The number of unbranched alkanes of at least 4 members (excludes halogenated alkanes) is 3. The lowest BCUT2D eigenvalue weighted by Crippen LogP contribution is -1.80. The van der Waals surface area contributed by atoms with E-state index in [9.17, 15) is 0 Å². The van der Waals surface area contributed by atoms with Crippen molar-refractivity contribution >= 4 is 0 Å². The molecule has 0 spiro atoms. The summed E-state index contributed by atoms with van der Waals surface area (Å²) in [4.78, 5) is 0. The van der Waals surface area contributed by atoms with Crippen molar-refractivity contribution in [2.45, 2.75) is 52.4 Å². The molecule has 0 saturated carbocycles. The Morgan fingerprint density at radius 1 is 1.13 bits per heavy atom. The Kier molecular flexibility index (Phi) is 5.70. The van der Waals surface area contributed by atoms with Crippen LogP contribution in [0.25, 0.3) is 0 Å². The van der Waals surface area contributed by atoms with Gasteiger partial charge in [-0.15, -0.1) is 11.8 Å². The minimum Gasteiger partial charge on any atom is -0.466 e. The van der Waals surface area contributed by atoms with Crippen LogP contribution in [0.4, 0.5) is 0 Å². The van der Waals surface area contributed by atoms with Gasteiger partial charge in [-0.25, -0.2) is 0 Å². The van der Waals surface area contributed by atoms with Gasteiger partial charge in [0, 0.05) is 19.3 Å². The molecule has 0 fully saturated rings. The van der Waals surface area contributed by atoms with Crippen LogP contribution >= 0.6 is 0 Å². The van der Waals surface area contributed by atoms with Crippen LogP contribution in [0.15, 0.2) is 16.5 Å². The quantitative estimate of drug-likeness (QED) is 0.520. The molecule has 1 aromatic rings. The van der Waals surface area contributed by atoms with Gasteiger partial charge in [0.05, 0.1) is 0 Å². The topological polar surface area (TPSA) is 13.1 Å². The molecule has 0 aliphatic heterocycles. The van der Waals surface area contributed by atoms with Crippen molar-refractivity contribution in [3.05, 3.63) is 23.7 Å². The first-order chi connectivity index (χ1) is 7.33. The molecule has 0 aliphatic rings. The second-order valence-electron chi connectivity index (χ2n) is 3.82. The molecular formula is C14H20O. The molecule has 0 amide bonds. The highest BCUT2D eigenvalue weighted by Crippen LogP contribution is 2.09. The molecule has 0 bridgehead atoms. The number of hydrogen-bond acceptors (Lipinski definition) is 1. The fourth-order valence-corrected chi connectivity index (χ4v) is 1.41. The molecule has 0 N–H and O–H groups in total. The van der Waals surface area contributed by atoms with Gasteiger partial charge in [0.25, 0.3) is 0 Å². The lowest BCUT2D eigenvalue weighted by Gasteiger charge is -1.92. The van der Waals surface area contributed by atoms with E-state index in [2.05, 4.69) is 24.8 Å². The van der Waals surface area contributed by atoms with Crippen LogP contribution in [0, 0.1) is 18.8 Å². The van der Waals surface area contributed by atoms with Crippen LogP contribution in [-0.4, -0.2) is 0 Å². The number of hydrogen-bond donors (Lipinski definition) is 0. The van der Waals surface area contributed by atoms with Crippen LogP contribution in [-0.2, 0) is 6.42 Å². The summed E-state index contributed by atoms with van der Waals surface area (Å²) < 4.78 is 5.48. The standard InChI is InChI=1S/C14H20O/c1-3-4-5-6-7-8-9-10-14-12-11-13(2)15-14/h11-12H,3-5,8-10H2,1-2H3. The van der Waals surface area contributed by atoms with E-state index in [1.807, 2.05) is 13.0 Å². The third-order valence-electron chi connectivity index (χ3n) is 2.30. The largest absolute Gasteiger partial charge is 0.466 e. The van der Waals surface area contributed by atoms with E-state index < -0.39 is 0 Å². The minimum absolute atomic E-state index is 0.990. The Morgan fingerprint density at radius 2 is 1.87 bits per heavy atom. The smallest absolute Gasteiger partial charge is 0.104 e. The van der Waals surface area contributed by atoms with E-state index in [-0.39, 0.29) is 0 Å². The first kappa shape index (κ1) is 11.9. The first-order valence-electron chi connectivity index (χ1n) is 5.84. The Hall–Kier alpha value is -1.16. The summed E-state index contributed by atoms with van der Waals surface area (Å²) in [5.74, 6) is 8.49. The average Bonchev–Trinajstić information content (AvgIpc) is 2.63. The Balaban J connectivity index is 2.08. The summed E-state index contributed by atoms with van der Waals surface area (Å²) in [7, 11) is 0. The van der Waals surface area contributed by atoms with Crippen molar-refractivity contribution in [1.29, 1.82) is 0 Å². The van der Waals surface area contributed by atoms with Crippen molar-refractivity contribution in [2.24, 2.45) is 0 Å². The van der Waals surface area contributed by atoms with E-state index in [0.29, 0.717) is 0 Å². The van der Waals surface area contributed by atoms with E-state index in [1.165, 1.54) is 12.8 Å². The molecule has 15 heavy (non-hydrogen) atoms. The van der Waals surface area contributed by atoms with Gasteiger partial charge in [-0.05, 0) is 31.9 Å².